The Balaban J connectivity index is 1.34. The number of rotatable bonds is 6. The highest BCUT2D eigenvalue weighted by Crippen LogP contribution is 2.24. The molecule has 1 aliphatic rings. The van der Waals surface area contributed by atoms with Gasteiger partial charge in [0.05, 0.1) is 11.3 Å². The lowest BCUT2D eigenvalue weighted by Gasteiger charge is -2.33. The summed E-state index contributed by atoms with van der Waals surface area (Å²) in [5.74, 6) is 0.887. The molecule has 3 heterocycles. The monoisotopic (exact) mass is 375 g/mol. The van der Waals surface area contributed by atoms with Gasteiger partial charge in [0.2, 0.25) is 0 Å². The third-order valence-corrected chi connectivity index (χ3v) is 5.25. The van der Waals surface area contributed by atoms with Crippen molar-refractivity contribution in [2.24, 2.45) is 4.99 Å². The van der Waals surface area contributed by atoms with Crippen molar-refractivity contribution in [1.29, 1.82) is 0 Å². The van der Waals surface area contributed by atoms with Gasteiger partial charge < -0.3 is 25.3 Å². The van der Waals surface area contributed by atoms with Gasteiger partial charge in [-0.2, -0.15) is 0 Å². The summed E-state index contributed by atoms with van der Waals surface area (Å²) in [5, 5.41) is 13.0. The number of guanidine groups is 1. The molecule has 2 aromatic rings. The van der Waals surface area contributed by atoms with E-state index in [-0.39, 0.29) is 5.91 Å². The summed E-state index contributed by atoms with van der Waals surface area (Å²) in [7, 11) is 1.76. The first kappa shape index (κ1) is 18.3. The van der Waals surface area contributed by atoms with E-state index in [4.69, 9.17) is 4.42 Å². The van der Waals surface area contributed by atoms with Crippen LogP contribution < -0.4 is 20.9 Å². The zero-order valence-electron chi connectivity index (χ0n) is 14.9. The van der Waals surface area contributed by atoms with Crippen LogP contribution in [-0.4, -0.2) is 51.1 Å². The molecule has 1 aliphatic heterocycles. The second-order valence-electron chi connectivity index (χ2n) is 6.09. The Bertz CT molecular complexity index is 691. The van der Waals surface area contributed by atoms with Gasteiger partial charge in [-0.15, -0.1) is 11.3 Å². The molecule has 140 valence electrons. The van der Waals surface area contributed by atoms with Crippen molar-refractivity contribution in [1.82, 2.24) is 16.0 Å². The van der Waals surface area contributed by atoms with E-state index in [1.807, 2.05) is 0 Å². The van der Waals surface area contributed by atoms with Gasteiger partial charge in [-0.1, -0.05) is 0 Å². The van der Waals surface area contributed by atoms with Crippen LogP contribution in [0.15, 0.2) is 45.3 Å². The molecule has 1 saturated heterocycles. The zero-order valence-corrected chi connectivity index (χ0v) is 15.7. The van der Waals surface area contributed by atoms with E-state index in [9.17, 15) is 4.79 Å². The van der Waals surface area contributed by atoms with Gasteiger partial charge >= 0.3 is 0 Å². The normalized spacial score (nSPS) is 15.7. The molecule has 0 saturated carbocycles. The van der Waals surface area contributed by atoms with Crippen LogP contribution in [0.5, 0.6) is 0 Å². The molecular formula is C18H25N5O2S. The molecule has 2 aromatic heterocycles. The van der Waals surface area contributed by atoms with Crippen LogP contribution in [0.25, 0.3) is 0 Å². The summed E-state index contributed by atoms with van der Waals surface area (Å²) in [6.07, 6.45) is 3.64. The highest BCUT2D eigenvalue weighted by Gasteiger charge is 2.20. The van der Waals surface area contributed by atoms with Crippen molar-refractivity contribution >= 4 is 28.2 Å². The van der Waals surface area contributed by atoms with Crippen molar-refractivity contribution in [3.05, 3.63) is 41.7 Å². The van der Waals surface area contributed by atoms with Crippen molar-refractivity contribution < 1.29 is 9.21 Å². The van der Waals surface area contributed by atoms with E-state index in [1.54, 1.807) is 30.5 Å². The summed E-state index contributed by atoms with van der Waals surface area (Å²) in [6, 6.07) is 8.03. The lowest BCUT2D eigenvalue weighted by atomic mass is 10.1. The Morgan fingerprint density at radius 3 is 2.73 bits per heavy atom. The number of nitrogens with zero attached hydrogens (tertiary/aromatic N) is 2. The smallest absolute Gasteiger partial charge is 0.287 e. The fourth-order valence-corrected chi connectivity index (χ4v) is 3.72. The van der Waals surface area contributed by atoms with E-state index in [0.29, 0.717) is 24.9 Å². The number of carbonyl (C=O) groups excluding carboxylic acids is 1. The molecule has 7 nitrogen and oxygen atoms in total. The number of hydrogen-bond donors (Lipinski definition) is 3. The predicted octanol–water partition coefficient (Wildman–Crippen LogP) is 1.90. The number of aliphatic imine (C=N–C) groups is 1. The van der Waals surface area contributed by atoms with Crippen molar-refractivity contribution in [3.8, 4) is 0 Å². The first-order valence-corrected chi connectivity index (χ1v) is 9.71. The number of anilines is 1. The van der Waals surface area contributed by atoms with Crippen molar-refractivity contribution in [3.63, 3.8) is 0 Å². The summed E-state index contributed by atoms with van der Waals surface area (Å²) in [4.78, 5) is 18.5. The highest BCUT2D eigenvalue weighted by molar-refractivity contribution is 7.14. The number of carbonyl (C=O) groups is 1. The maximum Gasteiger partial charge on any atom is 0.287 e. The minimum absolute atomic E-state index is 0.208. The molecule has 3 rings (SSSR count). The van der Waals surface area contributed by atoms with Gasteiger partial charge in [-0.05, 0) is 42.5 Å². The number of furan rings is 1. The fourth-order valence-electron chi connectivity index (χ4n) is 2.93. The minimum atomic E-state index is -0.208. The Morgan fingerprint density at radius 1 is 1.27 bits per heavy atom. The summed E-state index contributed by atoms with van der Waals surface area (Å²) in [6.45, 7) is 3.19. The van der Waals surface area contributed by atoms with Crippen LogP contribution >= 0.6 is 11.3 Å². The molecule has 0 unspecified atom stereocenters. The van der Waals surface area contributed by atoms with Crippen LogP contribution in [0, 0.1) is 0 Å². The van der Waals surface area contributed by atoms with Gasteiger partial charge in [0.15, 0.2) is 11.7 Å². The Morgan fingerprint density at radius 2 is 2.08 bits per heavy atom. The van der Waals surface area contributed by atoms with Crippen LogP contribution in [0.2, 0.25) is 0 Å². The Kier molecular flexibility index (Phi) is 6.54. The summed E-state index contributed by atoms with van der Waals surface area (Å²) >= 11 is 1.79. The molecule has 0 bridgehead atoms. The van der Waals surface area contributed by atoms with Crippen molar-refractivity contribution in [2.45, 2.75) is 18.9 Å². The molecule has 0 spiro atoms. The molecule has 0 aromatic carbocycles. The third kappa shape index (κ3) is 5.01. The molecule has 26 heavy (non-hydrogen) atoms. The van der Waals surface area contributed by atoms with Gasteiger partial charge in [0.25, 0.3) is 5.91 Å². The average Bonchev–Trinajstić information content (AvgIpc) is 3.38. The number of hydrogen-bond acceptors (Lipinski definition) is 5. The molecule has 8 heteroatoms. The number of nitrogens with one attached hydrogen (secondary N) is 3. The molecular weight excluding hydrogens is 350 g/mol. The Hall–Kier alpha value is -2.48. The number of amides is 1. The number of thiophene rings is 1. The minimum Gasteiger partial charge on any atom is -0.459 e. The van der Waals surface area contributed by atoms with E-state index < -0.39 is 0 Å². The largest absolute Gasteiger partial charge is 0.459 e. The van der Waals surface area contributed by atoms with Crippen LogP contribution in [0.1, 0.15) is 23.4 Å². The summed E-state index contributed by atoms with van der Waals surface area (Å²) in [5.41, 5.74) is 0. The highest BCUT2D eigenvalue weighted by atomic mass is 32.1. The van der Waals surface area contributed by atoms with Crippen molar-refractivity contribution in [2.75, 3.05) is 38.1 Å². The second-order valence-corrected chi connectivity index (χ2v) is 7.02. The van der Waals surface area contributed by atoms with Gasteiger partial charge in [-0.3, -0.25) is 9.79 Å². The van der Waals surface area contributed by atoms with Gasteiger partial charge in [0, 0.05) is 39.3 Å². The van der Waals surface area contributed by atoms with E-state index in [0.717, 1.165) is 31.9 Å². The van der Waals surface area contributed by atoms with Gasteiger partial charge in [-0.25, -0.2) is 0 Å². The Labute approximate surface area is 157 Å². The predicted molar refractivity (Wildman–Crippen MR) is 105 cm³/mol. The molecule has 0 aliphatic carbocycles. The first-order valence-electron chi connectivity index (χ1n) is 8.83. The molecule has 3 N–H and O–H groups in total. The molecule has 1 fully saturated rings. The number of piperidine rings is 1. The van der Waals surface area contributed by atoms with Crippen LogP contribution in [0.3, 0.4) is 0 Å². The third-order valence-electron chi connectivity index (χ3n) is 4.33. The lowest BCUT2D eigenvalue weighted by molar-refractivity contribution is 0.0926. The average molecular weight is 375 g/mol. The lowest BCUT2D eigenvalue weighted by Crippen LogP contribution is -2.49. The van der Waals surface area contributed by atoms with E-state index in [1.165, 1.54) is 11.3 Å². The standard InChI is InChI=1S/C18H25N5O2S/c1-19-18(21-9-8-20-17(24)15-4-2-12-25-15)22-14-6-10-23(11-7-14)16-5-3-13-26-16/h2-5,12-14H,6-11H2,1H3,(H,20,24)(H2,19,21,22). The molecule has 0 radical (unpaired) electrons. The quantitative estimate of drug-likeness (QED) is 0.408. The van der Waals surface area contributed by atoms with Crippen LogP contribution in [-0.2, 0) is 0 Å². The second kappa shape index (κ2) is 9.28. The SMILES string of the molecule is CN=C(NCCNC(=O)c1ccco1)NC1CCN(c2cccs2)CC1. The molecule has 1 amide bonds. The van der Waals surface area contributed by atoms with E-state index >= 15 is 0 Å². The zero-order chi connectivity index (χ0) is 18.2. The van der Waals surface area contributed by atoms with E-state index in [2.05, 4.69) is 43.4 Å². The topological polar surface area (TPSA) is 81.9 Å². The summed E-state index contributed by atoms with van der Waals surface area (Å²) < 4.78 is 5.06. The van der Waals surface area contributed by atoms with Gasteiger partial charge in [0.1, 0.15) is 0 Å². The first-order chi connectivity index (χ1) is 12.8. The molecule has 0 atom stereocenters. The van der Waals surface area contributed by atoms with Crippen LogP contribution in [0.4, 0.5) is 5.00 Å². The maximum atomic E-state index is 11.8. The maximum absolute atomic E-state index is 11.8. The fraction of sp³-hybridized carbons (Fsp3) is 0.444.